The highest BCUT2D eigenvalue weighted by atomic mass is 31.2. The fourth-order valence-electron chi connectivity index (χ4n) is 8.93. The number of nitrogens with one attached hydrogen (secondary N) is 3. The minimum absolute atomic E-state index is 0.121. The van der Waals surface area contributed by atoms with Crippen LogP contribution in [0.3, 0.4) is 0 Å². The van der Waals surface area contributed by atoms with Gasteiger partial charge in [0, 0.05) is 39.7 Å². The van der Waals surface area contributed by atoms with Gasteiger partial charge in [0.05, 0.1) is 17.9 Å². The van der Waals surface area contributed by atoms with Gasteiger partial charge in [0.2, 0.25) is 17.7 Å². The molecule has 3 aromatic heterocycles. The third-order valence-electron chi connectivity index (χ3n) is 12.0. The number of aromatic nitrogens is 3. The number of aliphatic hydroxyl groups is 1. The van der Waals surface area contributed by atoms with Gasteiger partial charge in [-0.25, -0.2) is 9.97 Å². The highest BCUT2D eigenvalue weighted by Gasteiger charge is 2.61. The molecule has 10 rings (SSSR count). The van der Waals surface area contributed by atoms with E-state index in [1.807, 2.05) is 68.4 Å². The Morgan fingerprint density at radius 1 is 1.07 bits per heavy atom. The van der Waals surface area contributed by atoms with Crippen molar-refractivity contribution >= 4 is 37.0 Å². The standard InChI is InChI=1S/C41H39N6O9P/c1-5-40(50,6-2)38(49)43-26-16-20-13-14-28-25(15-20)41-24-11-7-10-22(32(24)46-39(41)54-28)21-9-8-12-27-30(21)23(18-47(27)56-57(51)52)29-17-42-36(53-29)33-34(41)55-37(45-33)31(19(3)4)44-35(26)48/h7-15,17-19,26,31,39,46,50-52H,5-6,16H2,1-4H3,(H,43,49)(H,44,48)/t26-,31?,39?,41?/m0/s1. The van der Waals surface area contributed by atoms with Crippen molar-refractivity contribution in [1.82, 2.24) is 25.3 Å². The normalized spacial score (nSPS) is 21.4. The summed E-state index contributed by atoms with van der Waals surface area (Å²) in [4.78, 5) is 57.5. The Kier molecular flexibility index (Phi) is 7.91. The summed E-state index contributed by atoms with van der Waals surface area (Å²) in [5, 5.41) is 21.6. The molecule has 3 aromatic carbocycles. The topological polar surface area (TPSA) is 206 Å². The molecule has 292 valence electrons. The van der Waals surface area contributed by atoms with Crippen LogP contribution in [-0.2, 0) is 21.4 Å². The number of nitrogens with zero attached hydrogens (tertiary/aromatic N) is 3. The molecule has 0 radical (unpaired) electrons. The van der Waals surface area contributed by atoms with Crippen molar-refractivity contribution in [3.63, 3.8) is 0 Å². The number of ether oxygens (including phenoxy) is 1. The molecule has 6 N–H and O–H groups in total. The fourth-order valence-corrected chi connectivity index (χ4v) is 9.23. The number of fused-ring (bicyclic) bond motifs is 7. The van der Waals surface area contributed by atoms with Crippen LogP contribution in [0, 0.1) is 5.92 Å². The van der Waals surface area contributed by atoms with Crippen molar-refractivity contribution in [2.45, 2.75) is 76.3 Å². The first-order valence-corrected chi connectivity index (χ1v) is 20.1. The van der Waals surface area contributed by atoms with E-state index in [-0.39, 0.29) is 37.0 Å². The molecular weight excluding hydrogens is 751 g/mol. The van der Waals surface area contributed by atoms with E-state index in [1.54, 1.807) is 26.2 Å². The minimum atomic E-state index is -2.76. The number of para-hydroxylation sites is 1. The predicted octanol–water partition coefficient (Wildman–Crippen LogP) is 5.46. The van der Waals surface area contributed by atoms with Gasteiger partial charge in [-0.05, 0) is 42.0 Å². The first kappa shape index (κ1) is 35.7. The molecule has 15 nitrogen and oxygen atoms in total. The maximum absolute atomic E-state index is 14.3. The van der Waals surface area contributed by atoms with E-state index in [2.05, 4.69) is 16.0 Å². The Morgan fingerprint density at radius 3 is 2.63 bits per heavy atom. The first-order valence-electron chi connectivity index (χ1n) is 19.0. The summed E-state index contributed by atoms with van der Waals surface area (Å²) in [6.45, 7) is 7.34. The van der Waals surface area contributed by atoms with Crippen LogP contribution in [0.15, 0.2) is 75.8 Å². The number of benzene rings is 3. The maximum atomic E-state index is 14.3. The summed E-state index contributed by atoms with van der Waals surface area (Å²) < 4.78 is 27.2. The number of anilines is 1. The number of rotatable bonds is 7. The molecule has 0 saturated carbocycles. The molecule has 3 unspecified atom stereocenters. The zero-order valence-electron chi connectivity index (χ0n) is 31.4. The van der Waals surface area contributed by atoms with Crippen LogP contribution in [0.2, 0.25) is 0 Å². The van der Waals surface area contributed by atoms with Crippen molar-refractivity contribution in [1.29, 1.82) is 0 Å². The largest absolute Gasteiger partial charge is 0.469 e. The molecule has 0 saturated heterocycles. The Balaban J connectivity index is 1.27. The van der Waals surface area contributed by atoms with E-state index >= 15 is 0 Å². The molecule has 4 aliphatic rings. The van der Waals surface area contributed by atoms with Crippen LogP contribution < -0.4 is 25.3 Å². The van der Waals surface area contributed by atoms with Crippen molar-refractivity contribution < 1.29 is 42.7 Å². The zero-order chi connectivity index (χ0) is 39.5. The van der Waals surface area contributed by atoms with Gasteiger partial charge in [-0.1, -0.05) is 70.2 Å². The van der Waals surface area contributed by atoms with E-state index in [1.165, 1.54) is 4.73 Å². The Bertz CT molecular complexity index is 2640. The first-order chi connectivity index (χ1) is 27.4. The summed E-state index contributed by atoms with van der Waals surface area (Å²) in [5.74, 6) is 0.397. The predicted molar refractivity (Wildman–Crippen MR) is 208 cm³/mol. The number of hydrogen-bond donors (Lipinski definition) is 6. The molecule has 57 heavy (non-hydrogen) atoms. The Labute approximate surface area is 327 Å². The third kappa shape index (κ3) is 5.05. The lowest BCUT2D eigenvalue weighted by molar-refractivity contribution is -0.143. The molecule has 7 heterocycles. The zero-order valence-corrected chi connectivity index (χ0v) is 32.3. The van der Waals surface area contributed by atoms with Crippen LogP contribution in [0.5, 0.6) is 5.75 Å². The van der Waals surface area contributed by atoms with Gasteiger partial charge in [0.1, 0.15) is 28.8 Å². The molecule has 16 heteroatoms. The van der Waals surface area contributed by atoms with Gasteiger partial charge in [-0.3, -0.25) is 9.59 Å². The fraction of sp³-hybridized carbons (Fsp3) is 0.317. The van der Waals surface area contributed by atoms with Gasteiger partial charge in [0.25, 0.3) is 5.91 Å². The van der Waals surface area contributed by atoms with E-state index in [4.69, 9.17) is 28.2 Å². The molecule has 4 aliphatic heterocycles. The maximum Gasteiger partial charge on any atom is 0.412 e. The second-order valence-electron chi connectivity index (χ2n) is 15.4. The van der Waals surface area contributed by atoms with E-state index in [0.717, 1.165) is 38.9 Å². The number of oxazole rings is 2. The summed E-state index contributed by atoms with van der Waals surface area (Å²) >= 11 is 0. The average molecular weight is 791 g/mol. The van der Waals surface area contributed by atoms with Crippen LogP contribution in [0.1, 0.15) is 74.9 Å². The van der Waals surface area contributed by atoms with Gasteiger partial charge in [-0.15, -0.1) is 0 Å². The van der Waals surface area contributed by atoms with Gasteiger partial charge < -0.3 is 49.0 Å². The third-order valence-corrected chi connectivity index (χ3v) is 12.3. The highest BCUT2D eigenvalue weighted by Crippen LogP contribution is 2.61. The summed E-state index contributed by atoms with van der Waals surface area (Å²) in [7, 11) is -2.76. The highest BCUT2D eigenvalue weighted by molar-refractivity contribution is 7.39. The Hall–Kier alpha value is -5.73. The summed E-state index contributed by atoms with van der Waals surface area (Å²) in [5.41, 5.74) is 3.42. The van der Waals surface area contributed by atoms with Gasteiger partial charge >= 0.3 is 8.60 Å². The quantitative estimate of drug-likeness (QED) is 0.112. The lowest BCUT2D eigenvalue weighted by Gasteiger charge is -2.30. The number of amides is 2. The minimum Gasteiger partial charge on any atom is -0.469 e. The van der Waals surface area contributed by atoms with Crippen LogP contribution >= 0.6 is 8.60 Å². The average Bonchev–Trinajstić information content (AvgIpc) is 4.02. The van der Waals surface area contributed by atoms with Crippen molar-refractivity contribution in [3.05, 3.63) is 95.3 Å². The number of carbonyl (C=O) groups is 2. The van der Waals surface area contributed by atoms with Crippen LogP contribution in [0.25, 0.3) is 44.9 Å². The van der Waals surface area contributed by atoms with E-state index in [9.17, 15) is 24.5 Å². The van der Waals surface area contributed by atoms with Crippen LogP contribution in [0.4, 0.5) is 5.69 Å². The van der Waals surface area contributed by atoms with E-state index in [0.29, 0.717) is 34.0 Å². The van der Waals surface area contributed by atoms with Crippen LogP contribution in [-0.4, -0.2) is 59.3 Å². The SMILES string of the molecule is CCC(O)(CC)C(=O)N[C@H]1Cc2ccc3c(c2)C24c5cccc(c5NC2O3)-c2cccc3c2c(cn3OP(O)O)-c2cnc(o2)-c2nc(oc24)C(C(C)C)NC1=O. The van der Waals surface area contributed by atoms with Gasteiger partial charge in [-0.2, -0.15) is 4.73 Å². The molecule has 0 aliphatic carbocycles. The number of hydrogen-bond acceptors (Lipinski definition) is 12. The summed E-state index contributed by atoms with van der Waals surface area (Å²) in [6.07, 6.45) is 2.96. The van der Waals surface area contributed by atoms with Crippen molar-refractivity contribution in [2.24, 2.45) is 5.92 Å². The van der Waals surface area contributed by atoms with Crippen molar-refractivity contribution in [3.8, 4) is 39.8 Å². The Morgan fingerprint density at radius 2 is 1.86 bits per heavy atom. The van der Waals surface area contributed by atoms with Crippen molar-refractivity contribution in [2.75, 3.05) is 5.32 Å². The lowest BCUT2D eigenvalue weighted by Crippen LogP contribution is -2.55. The molecule has 10 bridgehead atoms. The smallest absolute Gasteiger partial charge is 0.412 e. The number of carbonyl (C=O) groups excluding carboxylic acids is 2. The molecule has 6 aromatic rings. The second kappa shape index (κ2) is 12.6. The summed E-state index contributed by atoms with van der Waals surface area (Å²) in [6, 6.07) is 15.6. The molecule has 2 amide bonds. The molecule has 1 spiro atoms. The lowest BCUT2D eigenvalue weighted by atomic mass is 9.72. The molecule has 4 atom stereocenters. The molecule has 0 fully saturated rings. The molecular formula is C41H39N6O9P. The van der Waals surface area contributed by atoms with Gasteiger partial charge in [0.15, 0.2) is 23.4 Å². The monoisotopic (exact) mass is 790 g/mol. The van der Waals surface area contributed by atoms with E-state index < -0.39 is 49.7 Å². The second-order valence-corrected chi connectivity index (χ2v) is 16.0.